The van der Waals surface area contributed by atoms with E-state index in [-0.39, 0.29) is 5.91 Å². The molecule has 124 valence electrons. The highest BCUT2D eigenvalue weighted by atomic mass is 16.1. The van der Waals surface area contributed by atoms with Gasteiger partial charge in [0.2, 0.25) is 0 Å². The van der Waals surface area contributed by atoms with Crippen molar-refractivity contribution in [2.24, 2.45) is 0 Å². The molecule has 6 heteroatoms. The quantitative estimate of drug-likeness (QED) is 0.590. The minimum absolute atomic E-state index is 0.216. The monoisotopic (exact) mass is 331 g/mol. The van der Waals surface area contributed by atoms with Crippen LogP contribution in [0.5, 0.6) is 0 Å². The van der Waals surface area contributed by atoms with Crippen LogP contribution in [0, 0.1) is 0 Å². The van der Waals surface area contributed by atoms with Gasteiger partial charge in [-0.25, -0.2) is 4.98 Å². The molecule has 0 aliphatic carbocycles. The van der Waals surface area contributed by atoms with Crippen LogP contribution in [-0.2, 0) is 13.1 Å². The summed E-state index contributed by atoms with van der Waals surface area (Å²) in [6.07, 6.45) is 3.66. The first kappa shape index (κ1) is 15.1. The summed E-state index contributed by atoms with van der Waals surface area (Å²) in [4.78, 5) is 16.8. The van der Waals surface area contributed by atoms with Gasteiger partial charge in [-0.3, -0.25) is 9.89 Å². The Kier molecular flexibility index (Phi) is 4.00. The number of amides is 1. The van der Waals surface area contributed by atoms with E-state index in [9.17, 15) is 4.79 Å². The lowest BCUT2D eigenvalue weighted by Gasteiger charge is -2.08. The van der Waals surface area contributed by atoms with Crippen molar-refractivity contribution in [3.8, 4) is 0 Å². The molecule has 0 spiro atoms. The summed E-state index contributed by atoms with van der Waals surface area (Å²) in [5, 5.41) is 10.7. The lowest BCUT2D eigenvalue weighted by Crippen LogP contribution is -2.25. The van der Waals surface area contributed by atoms with Gasteiger partial charge >= 0.3 is 0 Å². The third-order valence-electron chi connectivity index (χ3n) is 4.09. The molecule has 0 bridgehead atoms. The van der Waals surface area contributed by atoms with Crippen molar-refractivity contribution in [2.75, 3.05) is 0 Å². The Labute approximate surface area is 144 Å². The zero-order chi connectivity index (χ0) is 17.1. The summed E-state index contributed by atoms with van der Waals surface area (Å²) in [5.74, 6) is 0.587. The summed E-state index contributed by atoms with van der Waals surface area (Å²) in [7, 11) is 0. The van der Waals surface area contributed by atoms with E-state index >= 15 is 0 Å². The summed E-state index contributed by atoms with van der Waals surface area (Å²) >= 11 is 0. The van der Waals surface area contributed by atoms with E-state index in [0.29, 0.717) is 12.2 Å². The van der Waals surface area contributed by atoms with Gasteiger partial charge in [-0.05, 0) is 11.6 Å². The van der Waals surface area contributed by atoms with Gasteiger partial charge in [0.05, 0.1) is 12.1 Å². The van der Waals surface area contributed by atoms with Crippen molar-refractivity contribution in [2.45, 2.75) is 13.1 Å². The maximum Gasteiger partial charge on any atom is 0.272 e. The molecule has 25 heavy (non-hydrogen) atoms. The molecular formula is C19H17N5O. The average molecular weight is 331 g/mol. The number of rotatable bonds is 5. The number of hydrogen-bond donors (Lipinski definition) is 2. The van der Waals surface area contributed by atoms with Gasteiger partial charge in [0, 0.05) is 24.3 Å². The highest BCUT2D eigenvalue weighted by Crippen LogP contribution is 2.15. The van der Waals surface area contributed by atoms with Crippen LogP contribution in [-0.4, -0.2) is 25.7 Å². The van der Waals surface area contributed by atoms with Crippen LogP contribution < -0.4 is 5.32 Å². The zero-order valence-corrected chi connectivity index (χ0v) is 13.5. The van der Waals surface area contributed by atoms with Crippen molar-refractivity contribution < 1.29 is 4.79 Å². The van der Waals surface area contributed by atoms with E-state index in [0.717, 1.165) is 23.3 Å². The number of H-pyrrole nitrogens is 1. The third kappa shape index (κ3) is 3.14. The summed E-state index contributed by atoms with van der Waals surface area (Å²) in [5.41, 5.74) is 2.43. The first-order chi connectivity index (χ1) is 12.3. The highest BCUT2D eigenvalue weighted by Gasteiger charge is 2.14. The van der Waals surface area contributed by atoms with Crippen molar-refractivity contribution in [1.82, 2.24) is 25.1 Å². The first-order valence-electron chi connectivity index (χ1n) is 8.06. The summed E-state index contributed by atoms with van der Waals surface area (Å²) in [6.45, 7) is 1.07. The number of hydrogen-bond acceptors (Lipinski definition) is 3. The molecule has 0 aliphatic rings. The van der Waals surface area contributed by atoms with E-state index in [1.165, 1.54) is 5.56 Å². The van der Waals surface area contributed by atoms with Crippen molar-refractivity contribution in [3.63, 3.8) is 0 Å². The molecule has 0 aliphatic heterocycles. The molecule has 2 heterocycles. The van der Waals surface area contributed by atoms with Gasteiger partial charge in [0.1, 0.15) is 5.82 Å². The number of carbonyl (C=O) groups is 1. The molecule has 4 aromatic rings. The normalized spacial score (nSPS) is 10.9. The number of aromatic nitrogens is 4. The van der Waals surface area contributed by atoms with E-state index < -0.39 is 0 Å². The Morgan fingerprint density at radius 3 is 2.76 bits per heavy atom. The highest BCUT2D eigenvalue weighted by molar-refractivity contribution is 6.04. The molecule has 0 radical (unpaired) electrons. The average Bonchev–Trinajstić information content (AvgIpc) is 3.27. The van der Waals surface area contributed by atoms with Gasteiger partial charge in [-0.1, -0.05) is 48.5 Å². The summed E-state index contributed by atoms with van der Waals surface area (Å²) < 4.78 is 2.03. The molecule has 2 aromatic carbocycles. The molecule has 2 N–H and O–H groups in total. The predicted molar refractivity (Wildman–Crippen MR) is 95.0 cm³/mol. The molecule has 0 saturated carbocycles. The van der Waals surface area contributed by atoms with Crippen molar-refractivity contribution in [1.29, 1.82) is 0 Å². The molecule has 1 amide bonds. The number of imidazole rings is 1. The molecule has 0 atom stereocenters. The Bertz CT molecular complexity index is 1000. The number of carbonyl (C=O) groups excluding carboxylic acids is 1. The minimum atomic E-state index is -0.216. The van der Waals surface area contributed by atoms with Crippen molar-refractivity contribution >= 4 is 16.8 Å². The van der Waals surface area contributed by atoms with Crippen LogP contribution in [0.1, 0.15) is 21.9 Å². The predicted octanol–water partition coefficient (Wildman–Crippen LogP) is 2.74. The van der Waals surface area contributed by atoms with Crippen LogP contribution in [0.2, 0.25) is 0 Å². The standard InChI is InChI=1S/C19H17N5O/c25-19(18-15-8-4-5-9-16(15)22-23-18)21-12-17-20-10-11-24(17)13-14-6-2-1-3-7-14/h1-11H,12-13H2,(H,21,25)(H,22,23). The number of nitrogens with one attached hydrogen (secondary N) is 2. The second-order valence-corrected chi connectivity index (χ2v) is 5.76. The van der Waals surface area contributed by atoms with Gasteiger partial charge in [0.15, 0.2) is 5.69 Å². The van der Waals surface area contributed by atoms with Gasteiger partial charge < -0.3 is 9.88 Å². The largest absolute Gasteiger partial charge is 0.343 e. The number of para-hydroxylation sites is 1. The molecule has 0 fully saturated rings. The van der Waals surface area contributed by atoms with Crippen LogP contribution >= 0.6 is 0 Å². The maximum atomic E-state index is 12.5. The SMILES string of the molecule is O=C(NCc1nccn1Cc1ccccc1)c1n[nH]c2ccccc12. The molecule has 2 aromatic heterocycles. The number of fused-ring (bicyclic) bond motifs is 1. The number of nitrogens with zero attached hydrogens (tertiary/aromatic N) is 3. The smallest absolute Gasteiger partial charge is 0.272 e. The van der Waals surface area contributed by atoms with Crippen molar-refractivity contribution in [3.05, 3.63) is 84.1 Å². The van der Waals surface area contributed by atoms with Crippen LogP contribution in [0.15, 0.2) is 67.0 Å². The lowest BCUT2D eigenvalue weighted by atomic mass is 10.2. The Morgan fingerprint density at radius 2 is 1.88 bits per heavy atom. The molecular weight excluding hydrogens is 314 g/mol. The van der Waals surface area contributed by atoms with E-state index in [1.54, 1.807) is 6.20 Å². The Hall–Kier alpha value is -3.41. The zero-order valence-electron chi connectivity index (χ0n) is 13.5. The Balaban J connectivity index is 1.47. The van der Waals surface area contributed by atoms with Gasteiger partial charge in [-0.15, -0.1) is 0 Å². The number of aromatic amines is 1. The Morgan fingerprint density at radius 1 is 1.08 bits per heavy atom. The topological polar surface area (TPSA) is 75.6 Å². The second kappa shape index (κ2) is 6.60. The molecule has 0 unspecified atom stereocenters. The molecule has 0 saturated heterocycles. The molecule has 4 rings (SSSR count). The van der Waals surface area contributed by atoms with E-state index in [2.05, 4.69) is 32.6 Å². The molecule has 6 nitrogen and oxygen atoms in total. The van der Waals surface area contributed by atoms with Crippen LogP contribution in [0.25, 0.3) is 10.9 Å². The number of benzene rings is 2. The van der Waals surface area contributed by atoms with Gasteiger partial charge in [0.25, 0.3) is 5.91 Å². The minimum Gasteiger partial charge on any atom is -0.343 e. The van der Waals surface area contributed by atoms with Crippen LogP contribution in [0.3, 0.4) is 0 Å². The maximum absolute atomic E-state index is 12.5. The fourth-order valence-electron chi connectivity index (χ4n) is 2.81. The fraction of sp³-hybridized carbons (Fsp3) is 0.105. The van der Waals surface area contributed by atoms with Crippen LogP contribution in [0.4, 0.5) is 0 Å². The van der Waals surface area contributed by atoms with E-state index in [1.807, 2.05) is 53.2 Å². The fourth-order valence-corrected chi connectivity index (χ4v) is 2.81. The summed E-state index contributed by atoms with van der Waals surface area (Å²) in [6, 6.07) is 17.7. The lowest BCUT2D eigenvalue weighted by molar-refractivity contribution is 0.0946. The van der Waals surface area contributed by atoms with Gasteiger partial charge in [-0.2, -0.15) is 5.10 Å². The third-order valence-corrected chi connectivity index (χ3v) is 4.09. The second-order valence-electron chi connectivity index (χ2n) is 5.76. The first-order valence-corrected chi connectivity index (χ1v) is 8.06. The van der Waals surface area contributed by atoms with E-state index in [4.69, 9.17) is 0 Å².